The monoisotopic (exact) mass is 207 g/mol. The summed E-state index contributed by atoms with van der Waals surface area (Å²) in [5.74, 6) is 0. The SMILES string of the molecule is OC1CCNC1c1ncn2c1CCCC2. The van der Waals surface area contributed by atoms with E-state index in [0.717, 1.165) is 31.6 Å². The van der Waals surface area contributed by atoms with Crippen LogP contribution in [0.25, 0.3) is 0 Å². The Kier molecular flexibility index (Phi) is 2.25. The van der Waals surface area contributed by atoms with Crippen molar-refractivity contribution in [2.45, 2.75) is 44.4 Å². The van der Waals surface area contributed by atoms with Gasteiger partial charge in [0.2, 0.25) is 0 Å². The molecule has 0 aliphatic carbocycles. The number of hydrogen-bond acceptors (Lipinski definition) is 3. The molecule has 0 spiro atoms. The number of aliphatic hydroxyl groups excluding tert-OH is 1. The van der Waals surface area contributed by atoms with Gasteiger partial charge in [-0.2, -0.15) is 0 Å². The minimum Gasteiger partial charge on any atom is -0.391 e. The molecule has 4 nitrogen and oxygen atoms in total. The highest BCUT2D eigenvalue weighted by Crippen LogP contribution is 2.28. The fourth-order valence-corrected chi connectivity index (χ4v) is 2.69. The minimum absolute atomic E-state index is 0.0688. The van der Waals surface area contributed by atoms with Gasteiger partial charge in [0.15, 0.2) is 0 Å². The second kappa shape index (κ2) is 3.61. The Morgan fingerprint density at radius 3 is 3.20 bits per heavy atom. The molecule has 2 aliphatic rings. The summed E-state index contributed by atoms with van der Waals surface area (Å²) < 4.78 is 2.24. The summed E-state index contributed by atoms with van der Waals surface area (Å²) >= 11 is 0. The fourth-order valence-electron chi connectivity index (χ4n) is 2.69. The second-order valence-electron chi connectivity index (χ2n) is 4.51. The lowest BCUT2D eigenvalue weighted by atomic mass is 10.0. The van der Waals surface area contributed by atoms with E-state index in [9.17, 15) is 5.11 Å². The largest absolute Gasteiger partial charge is 0.391 e. The summed E-state index contributed by atoms with van der Waals surface area (Å²) in [4.78, 5) is 4.47. The number of aromatic nitrogens is 2. The lowest BCUT2D eigenvalue weighted by molar-refractivity contribution is 0.158. The average Bonchev–Trinajstić information content (AvgIpc) is 2.83. The smallest absolute Gasteiger partial charge is 0.0952 e. The third kappa shape index (κ3) is 1.48. The fraction of sp³-hybridized carbons (Fsp3) is 0.727. The van der Waals surface area contributed by atoms with Gasteiger partial charge in [-0.25, -0.2) is 4.98 Å². The van der Waals surface area contributed by atoms with Crippen LogP contribution >= 0.6 is 0 Å². The maximum Gasteiger partial charge on any atom is 0.0952 e. The molecule has 1 saturated heterocycles. The molecule has 0 amide bonds. The summed E-state index contributed by atoms with van der Waals surface area (Å²) in [6, 6.07) is 0.0688. The van der Waals surface area contributed by atoms with Crippen LogP contribution in [-0.4, -0.2) is 27.3 Å². The molecule has 0 bridgehead atoms. The van der Waals surface area contributed by atoms with E-state index in [1.165, 1.54) is 18.5 Å². The second-order valence-corrected chi connectivity index (χ2v) is 4.51. The van der Waals surface area contributed by atoms with Gasteiger partial charge >= 0.3 is 0 Å². The van der Waals surface area contributed by atoms with E-state index in [1.807, 2.05) is 6.33 Å². The summed E-state index contributed by atoms with van der Waals surface area (Å²) in [5.41, 5.74) is 2.42. The molecule has 0 saturated carbocycles. The molecule has 0 radical (unpaired) electrons. The van der Waals surface area contributed by atoms with Crippen LogP contribution in [0.4, 0.5) is 0 Å². The minimum atomic E-state index is -0.258. The molecule has 82 valence electrons. The van der Waals surface area contributed by atoms with E-state index in [1.54, 1.807) is 0 Å². The topological polar surface area (TPSA) is 50.1 Å². The molecule has 1 aromatic rings. The van der Waals surface area contributed by atoms with E-state index in [0.29, 0.717) is 0 Å². The number of aryl methyl sites for hydroxylation is 1. The van der Waals surface area contributed by atoms with Crippen LogP contribution in [0, 0.1) is 0 Å². The molecule has 2 unspecified atom stereocenters. The molecule has 1 aromatic heterocycles. The van der Waals surface area contributed by atoms with E-state index in [-0.39, 0.29) is 12.1 Å². The number of imidazole rings is 1. The van der Waals surface area contributed by atoms with Crippen LogP contribution in [-0.2, 0) is 13.0 Å². The van der Waals surface area contributed by atoms with Gasteiger partial charge in [0.1, 0.15) is 0 Å². The molecule has 1 fully saturated rings. The van der Waals surface area contributed by atoms with E-state index in [4.69, 9.17) is 0 Å². The molecule has 3 heterocycles. The molecule has 0 aromatic carbocycles. The van der Waals surface area contributed by atoms with Crippen LogP contribution in [0.5, 0.6) is 0 Å². The molecule has 3 rings (SSSR count). The molecular weight excluding hydrogens is 190 g/mol. The van der Waals surface area contributed by atoms with Crippen LogP contribution in [0.2, 0.25) is 0 Å². The number of aliphatic hydroxyl groups is 1. The number of hydrogen-bond donors (Lipinski definition) is 2. The van der Waals surface area contributed by atoms with Crippen LogP contribution in [0.15, 0.2) is 6.33 Å². The third-order valence-corrected chi connectivity index (χ3v) is 3.52. The Morgan fingerprint density at radius 1 is 1.47 bits per heavy atom. The van der Waals surface area contributed by atoms with Crippen LogP contribution in [0.3, 0.4) is 0 Å². The highest BCUT2D eigenvalue weighted by atomic mass is 16.3. The first-order valence-corrected chi connectivity index (χ1v) is 5.81. The Balaban J connectivity index is 1.94. The predicted molar refractivity (Wildman–Crippen MR) is 56.5 cm³/mol. The first-order chi connectivity index (χ1) is 7.36. The first kappa shape index (κ1) is 9.36. The van der Waals surface area contributed by atoms with Gasteiger partial charge in [-0.3, -0.25) is 0 Å². The quantitative estimate of drug-likeness (QED) is 0.709. The summed E-state index contributed by atoms with van der Waals surface area (Å²) in [6.45, 7) is 1.99. The van der Waals surface area contributed by atoms with Gasteiger partial charge in [0.25, 0.3) is 0 Å². The van der Waals surface area contributed by atoms with Gasteiger partial charge in [-0.1, -0.05) is 0 Å². The van der Waals surface area contributed by atoms with Crippen LogP contribution in [0.1, 0.15) is 36.7 Å². The van der Waals surface area contributed by atoms with Crippen molar-refractivity contribution in [1.82, 2.24) is 14.9 Å². The van der Waals surface area contributed by atoms with E-state index >= 15 is 0 Å². The zero-order valence-electron chi connectivity index (χ0n) is 8.82. The lowest BCUT2D eigenvalue weighted by Crippen LogP contribution is -2.23. The van der Waals surface area contributed by atoms with Gasteiger partial charge in [0, 0.05) is 12.2 Å². The summed E-state index contributed by atoms with van der Waals surface area (Å²) in [5, 5.41) is 13.2. The van der Waals surface area contributed by atoms with Crippen molar-refractivity contribution in [2.75, 3.05) is 6.54 Å². The van der Waals surface area contributed by atoms with Gasteiger partial charge in [-0.15, -0.1) is 0 Å². The first-order valence-electron chi connectivity index (χ1n) is 5.81. The molecule has 2 N–H and O–H groups in total. The van der Waals surface area contributed by atoms with Crippen LogP contribution < -0.4 is 5.32 Å². The number of nitrogens with one attached hydrogen (secondary N) is 1. The third-order valence-electron chi connectivity index (χ3n) is 3.52. The maximum atomic E-state index is 9.85. The maximum absolute atomic E-state index is 9.85. The molecule has 2 atom stereocenters. The average molecular weight is 207 g/mol. The van der Waals surface area contributed by atoms with Crippen molar-refractivity contribution in [1.29, 1.82) is 0 Å². The van der Waals surface area contributed by atoms with Crippen molar-refractivity contribution >= 4 is 0 Å². The van der Waals surface area contributed by atoms with Crippen molar-refractivity contribution < 1.29 is 5.11 Å². The van der Waals surface area contributed by atoms with Crippen molar-refractivity contribution in [2.24, 2.45) is 0 Å². The summed E-state index contributed by atoms with van der Waals surface area (Å²) in [7, 11) is 0. The summed E-state index contributed by atoms with van der Waals surface area (Å²) in [6.07, 6.45) is 6.13. The number of nitrogens with zero attached hydrogens (tertiary/aromatic N) is 2. The highest BCUT2D eigenvalue weighted by molar-refractivity contribution is 5.21. The van der Waals surface area contributed by atoms with Gasteiger partial charge < -0.3 is 15.0 Å². The molecule has 4 heteroatoms. The Bertz CT molecular complexity index is 361. The van der Waals surface area contributed by atoms with E-state index < -0.39 is 0 Å². The molecular formula is C11H17N3O. The van der Waals surface area contributed by atoms with E-state index in [2.05, 4.69) is 14.9 Å². The molecule has 2 aliphatic heterocycles. The molecule has 15 heavy (non-hydrogen) atoms. The normalized spacial score (nSPS) is 30.5. The Morgan fingerprint density at radius 2 is 2.40 bits per heavy atom. The Hall–Kier alpha value is -0.870. The van der Waals surface area contributed by atoms with Gasteiger partial charge in [0.05, 0.1) is 24.2 Å². The van der Waals surface area contributed by atoms with Crippen molar-refractivity contribution in [3.63, 3.8) is 0 Å². The van der Waals surface area contributed by atoms with Crippen molar-refractivity contribution in [3.05, 3.63) is 17.7 Å². The Labute approximate surface area is 89.3 Å². The zero-order valence-corrected chi connectivity index (χ0v) is 8.82. The predicted octanol–water partition coefficient (Wildman–Crippen LogP) is 0.615. The van der Waals surface area contributed by atoms with Crippen molar-refractivity contribution in [3.8, 4) is 0 Å². The standard InChI is InChI=1S/C11H17N3O/c15-9-4-5-12-11(9)10-8-3-1-2-6-14(8)7-13-10/h7,9,11-12,15H,1-6H2. The number of fused-ring (bicyclic) bond motifs is 1. The number of rotatable bonds is 1. The van der Waals surface area contributed by atoms with Gasteiger partial charge in [-0.05, 0) is 32.2 Å². The zero-order chi connectivity index (χ0) is 10.3. The lowest BCUT2D eigenvalue weighted by Gasteiger charge is -2.19. The highest BCUT2D eigenvalue weighted by Gasteiger charge is 2.31.